The fraction of sp³-hybridized carbons (Fsp3) is 0.417. The minimum atomic E-state index is -2.70. The second-order valence-corrected chi connectivity index (χ2v) is 8.86. The highest BCUT2D eigenvalue weighted by Gasteiger charge is 2.36. The minimum absolute atomic E-state index is 0.0265. The van der Waals surface area contributed by atoms with Crippen LogP contribution in [0.4, 0.5) is 4.39 Å². The van der Waals surface area contributed by atoms with Crippen LogP contribution in [-0.4, -0.2) is 35.0 Å². The van der Waals surface area contributed by atoms with Crippen LogP contribution >= 0.6 is 0 Å². The number of halogens is 1. The van der Waals surface area contributed by atoms with Gasteiger partial charge in [0.25, 0.3) is 11.8 Å². The van der Waals surface area contributed by atoms with Gasteiger partial charge in [-0.05, 0) is 49.2 Å². The van der Waals surface area contributed by atoms with E-state index in [1.807, 2.05) is 20.8 Å². The van der Waals surface area contributed by atoms with Crippen molar-refractivity contribution in [3.05, 3.63) is 64.0 Å². The smallest absolute Gasteiger partial charge is 0.423 e. The summed E-state index contributed by atoms with van der Waals surface area (Å²) in [5.41, 5.74) is 0.782. The van der Waals surface area contributed by atoms with Gasteiger partial charge >= 0.3 is 7.12 Å². The Morgan fingerprint density at radius 1 is 1.28 bits per heavy atom. The summed E-state index contributed by atoms with van der Waals surface area (Å²) in [5.74, 6) is -2.70. The molecule has 8 heteroatoms. The topological polar surface area (TPSA) is 78.9 Å². The standard InChI is InChI=1S/C24H30BFN2O4/c1-7-20(24(4,5)6)28(23(30)16-11-14(2)10-15(3)12-16)27-22(29)17-8-9-19-18(21(17)26)13-32-25(19)31/h8-12,20,31H,7,13H2,1-6H3,(H,27,29)/t20-/m1/s1/i2D3,3D3. The van der Waals surface area contributed by atoms with E-state index in [0.717, 1.165) is 23.2 Å². The second kappa shape index (κ2) is 9.04. The molecule has 170 valence electrons. The summed E-state index contributed by atoms with van der Waals surface area (Å²) in [7, 11) is -1.31. The molecule has 0 fully saturated rings. The molecule has 2 N–H and O–H groups in total. The van der Waals surface area contributed by atoms with Gasteiger partial charge in [-0.15, -0.1) is 0 Å². The molecule has 32 heavy (non-hydrogen) atoms. The molecule has 0 aliphatic carbocycles. The van der Waals surface area contributed by atoms with Gasteiger partial charge in [0.2, 0.25) is 0 Å². The average molecular weight is 446 g/mol. The molecule has 0 unspecified atom stereocenters. The maximum atomic E-state index is 15.2. The Labute approximate surface area is 197 Å². The van der Waals surface area contributed by atoms with E-state index >= 15 is 4.39 Å². The van der Waals surface area contributed by atoms with E-state index in [1.165, 1.54) is 12.1 Å². The van der Waals surface area contributed by atoms with Crippen molar-refractivity contribution in [3.63, 3.8) is 0 Å². The van der Waals surface area contributed by atoms with Gasteiger partial charge in [0.05, 0.1) is 18.2 Å². The largest absolute Gasteiger partial charge is 0.491 e. The zero-order chi connectivity index (χ0) is 28.8. The van der Waals surface area contributed by atoms with Crippen molar-refractivity contribution in [1.82, 2.24) is 10.4 Å². The molecule has 2 amide bonds. The quantitative estimate of drug-likeness (QED) is 0.558. The third-order valence-corrected chi connectivity index (χ3v) is 5.49. The third kappa shape index (κ3) is 4.71. The van der Waals surface area contributed by atoms with Crippen LogP contribution in [0.5, 0.6) is 0 Å². The monoisotopic (exact) mass is 446 g/mol. The lowest BCUT2D eigenvalue weighted by atomic mass is 9.79. The number of hydrogen-bond acceptors (Lipinski definition) is 4. The van der Waals surface area contributed by atoms with Crippen LogP contribution in [0.2, 0.25) is 0 Å². The number of benzene rings is 2. The molecule has 0 saturated carbocycles. The van der Waals surface area contributed by atoms with Crippen molar-refractivity contribution < 1.29 is 31.9 Å². The van der Waals surface area contributed by atoms with Gasteiger partial charge in [0.1, 0.15) is 5.82 Å². The zero-order valence-corrected chi connectivity index (χ0v) is 18.5. The first kappa shape index (κ1) is 16.9. The molecule has 0 bridgehead atoms. The molecule has 0 saturated heterocycles. The Morgan fingerprint density at radius 3 is 2.50 bits per heavy atom. The lowest BCUT2D eigenvalue weighted by molar-refractivity contribution is 0.0283. The predicted octanol–water partition coefficient (Wildman–Crippen LogP) is 3.27. The highest BCUT2D eigenvalue weighted by Crippen LogP contribution is 2.28. The lowest BCUT2D eigenvalue weighted by Gasteiger charge is -2.39. The molecular formula is C24H30BFN2O4. The molecule has 1 aliphatic rings. The van der Waals surface area contributed by atoms with E-state index in [0.29, 0.717) is 6.42 Å². The van der Waals surface area contributed by atoms with E-state index in [2.05, 4.69) is 5.43 Å². The summed E-state index contributed by atoms with van der Waals surface area (Å²) >= 11 is 0. The fourth-order valence-corrected chi connectivity index (χ4v) is 3.95. The Balaban J connectivity index is 2.10. The molecular weight excluding hydrogens is 410 g/mol. The van der Waals surface area contributed by atoms with Gasteiger partial charge in [-0.2, -0.15) is 0 Å². The molecule has 6 nitrogen and oxygen atoms in total. The number of nitrogens with zero attached hydrogens (tertiary/aromatic N) is 1. The average Bonchev–Trinajstić information content (AvgIpc) is 3.17. The predicted molar refractivity (Wildman–Crippen MR) is 122 cm³/mol. The first-order chi connectivity index (χ1) is 17.4. The summed E-state index contributed by atoms with van der Waals surface area (Å²) in [6.07, 6.45) is 0.354. The number of amides is 2. The summed E-state index contributed by atoms with van der Waals surface area (Å²) in [6.45, 7) is 1.64. The molecule has 0 aromatic heterocycles. The molecule has 3 rings (SSSR count). The zero-order valence-electron chi connectivity index (χ0n) is 24.5. The number of rotatable bonds is 4. The molecule has 2 aromatic carbocycles. The van der Waals surface area contributed by atoms with E-state index in [-0.39, 0.29) is 39.9 Å². The first-order valence-corrected chi connectivity index (χ1v) is 10.3. The van der Waals surface area contributed by atoms with Crippen molar-refractivity contribution in [2.75, 3.05) is 0 Å². The molecule has 0 radical (unpaired) electrons. The Kier molecular flexibility index (Phi) is 4.76. The SMILES string of the molecule is [2H]C([2H])([2H])c1cc(C(=O)N(NC(=O)c2ccc3c(c2F)COB3O)[C@H](CC)C(C)(C)C)cc(C([2H])([2H])[2H])c1. The number of aryl methyl sites for hydroxylation is 2. The van der Waals surface area contributed by atoms with E-state index < -0.39 is 49.9 Å². The number of nitrogens with one attached hydrogen (secondary N) is 1. The maximum absolute atomic E-state index is 15.2. The van der Waals surface area contributed by atoms with Crippen LogP contribution in [0.3, 0.4) is 0 Å². The van der Waals surface area contributed by atoms with Crippen molar-refractivity contribution >= 4 is 24.4 Å². The highest BCUT2D eigenvalue weighted by atomic mass is 19.1. The first-order valence-electron chi connectivity index (χ1n) is 13.3. The van der Waals surface area contributed by atoms with Crippen molar-refractivity contribution in [2.24, 2.45) is 5.41 Å². The summed E-state index contributed by atoms with van der Waals surface area (Å²) in [5, 5.41) is 10.8. The van der Waals surface area contributed by atoms with Crippen molar-refractivity contribution in [2.45, 2.75) is 60.5 Å². The molecule has 1 atom stereocenters. The number of hydrazine groups is 1. The van der Waals surface area contributed by atoms with Gasteiger partial charge in [-0.1, -0.05) is 51.0 Å². The van der Waals surface area contributed by atoms with Crippen LogP contribution in [0.1, 0.15) is 79.7 Å². The van der Waals surface area contributed by atoms with Crippen LogP contribution in [-0.2, 0) is 11.3 Å². The van der Waals surface area contributed by atoms with E-state index in [9.17, 15) is 14.6 Å². The lowest BCUT2D eigenvalue weighted by Crippen LogP contribution is -2.56. The summed E-state index contributed by atoms with van der Waals surface area (Å²) < 4.78 is 66.7. The van der Waals surface area contributed by atoms with Gasteiger partial charge in [0.15, 0.2) is 0 Å². The number of hydrogen-bond donors (Lipinski definition) is 2. The van der Waals surface area contributed by atoms with Gasteiger partial charge in [-0.3, -0.25) is 15.0 Å². The Bertz CT molecular complexity index is 1210. The van der Waals surface area contributed by atoms with E-state index in [4.69, 9.17) is 12.9 Å². The number of fused-ring (bicyclic) bond motifs is 1. The van der Waals surface area contributed by atoms with Crippen LogP contribution in [0.25, 0.3) is 0 Å². The minimum Gasteiger partial charge on any atom is -0.423 e. The van der Waals surface area contributed by atoms with Crippen molar-refractivity contribution in [3.8, 4) is 0 Å². The highest BCUT2D eigenvalue weighted by molar-refractivity contribution is 6.61. The van der Waals surface area contributed by atoms with Crippen LogP contribution in [0.15, 0.2) is 30.3 Å². The van der Waals surface area contributed by atoms with Gasteiger partial charge in [-0.25, -0.2) is 9.40 Å². The maximum Gasteiger partial charge on any atom is 0.491 e. The molecule has 1 heterocycles. The van der Waals surface area contributed by atoms with Crippen LogP contribution < -0.4 is 10.9 Å². The van der Waals surface area contributed by atoms with E-state index in [1.54, 1.807) is 6.92 Å². The van der Waals surface area contributed by atoms with Crippen molar-refractivity contribution in [1.29, 1.82) is 0 Å². The second-order valence-electron chi connectivity index (χ2n) is 8.86. The Hall–Kier alpha value is -2.71. The normalized spacial score (nSPS) is 17.8. The third-order valence-electron chi connectivity index (χ3n) is 5.49. The molecule has 2 aromatic rings. The van der Waals surface area contributed by atoms with Gasteiger partial charge < -0.3 is 9.68 Å². The van der Waals surface area contributed by atoms with Crippen LogP contribution in [0, 0.1) is 24.9 Å². The number of carbonyl (C=O) groups is 2. The Morgan fingerprint density at radius 2 is 1.94 bits per heavy atom. The molecule has 1 aliphatic heterocycles. The molecule has 0 spiro atoms. The number of carbonyl (C=O) groups excluding carboxylic acids is 2. The summed E-state index contributed by atoms with van der Waals surface area (Å²) in [4.78, 5) is 27.1. The fourth-order valence-electron chi connectivity index (χ4n) is 3.95. The summed E-state index contributed by atoms with van der Waals surface area (Å²) in [6, 6.07) is 5.05. The van der Waals surface area contributed by atoms with Gasteiger partial charge in [0, 0.05) is 19.4 Å².